The van der Waals surface area contributed by atoms with Crippen LogP contribution < -0.4 is 9.86 Å². The number of hydrogen-bond donors (Lipinski definition) is 2. The number of nitrogens with one attached hydrogen (secondary N) is 1. The van der Waals surface area contributed by atoms with Crippen LogP contribution in [0.25, 0.3) is 10.9 Å². The summed E-state index contributed by atoms with van der Waals surface area (Å²) < 4.78 is 28.6. The summed E-state index contributed by atoms with van der Waals surface area (Å²) >= 11 is 0.884. The van der Waals surface area contributed by atoms with Crippen molar-refractivity contribution in [3.8, 4) is 0 Å². The average Bonchev–Trinajstić information content (AvgIpc) is 3.17. The minimum absolute atomic E-state index is 0.0733. The molecule has 1 aromatic heterocycles. The predicted molar refractivity (Wildman–Crippen MR) is 146 cm³/mol. The Morgan fingerprint density at radius 1 is 1.03 bits per heavy atom. The third kappa shape index (κ3) is 5.98. The molecule has 0 unspecified atom stereocenters. The van der Waals surface area contributed by atoms with Gasteiger partial charge in [-0.3, -0.25) is 29.4 Å². The summed E-state index contributed by atoms with van der Waals surface area (Å²) in [5, 5.41) is 7.57. The van der Waals surface area contributed by atoms with Crippen molar-refractivity contribution in [3.05, 3.63) is 77.5 Å². The summed E-state index contributed by atoms with van der Waals surface area (Å²) in [6, 6.07) is 14.8. The Bertz CT molecular complexity index is 1450. The van der Waals surface area contributed by atoms with Crippen molar-refractivity contribution >= 4 is 57.1 Å². The van der Waals surface area contributed by atoms with E-state index in [9.17, 15) is 18.0 Å². The highest BCUT2D eigenvalue weighted by molar-refractivity contribution is 8.00. The zero-order valence-electron chi connectivity index (χ0n) is 19.9. The number of fused-ring (bicyclic) bond motifs is 1. The first-order valence-electron chi connectivity index (χ1n) is 11.4. The van der Waals surface area contributed by atoms with Crippen LogP contribution in [0.3, 0.4) is 0 Å². The van der Waals surface area contributed by atoms with E-state index in [0.29, 0.717) is 49.4 Å². The second kappa shape index (κ2) is 11.5. The molecule has 1 aliphatic heterocycles. The largest absolute Gasteiger partial charge is 0.337 e. The molecule has 0 saturated carbocycles. The number of hydrogen-bond acceptors (Lipinski definition) is 8. The fourth-order valence-electron chi connectivity index (χ4n) is 4.07. The van der Waals surface area contributed by atoms with Gasteiger partial charge in [-0.1, -0.05) is 30.1 Å². The average molecular weight is 539 g/mol. The van der Waals surface area contributed by atoms with Crippen molar-refractivity contribution in [2.75, 3.05) is 30.9 Å². The van der Waals surface area contributed by atoms with Crippen molar-refractivity contribution < 1.29 is 18.0 Å². The maximum Gasteiger partial charge on any atom is 0.273 e. The third-order valence-electron chi connectivity index (χ3n) is 5.91. The second-order valence-corrected chi connectivity index (χ2v) is 10.4. The zero-order chi connectivity index (χ0) is 26.4. The van der Waals surface area contributed by atoms with Crippen molar-refractivity contribution in [1.29, 1.82) is 0 Å². The third-order valence-corrected chi connectivity index (χ3v) is 7.68. The molecule has 1 fully saturated rings. The van der Waals surface area contributed by atoms with Gasteiger partial charge in [-0.25, -0.2) is 8.42 Å². The van der Waals surface area contributed by atoms with E-state index >= 15 is 0 Å². The Labute approximate surface area is 219 Å². The van der Waals surface area contributed by atoms with Gasteiger partial charge in [0.2, 0.25) is 0 Å². The van der Waals surface area contributed by atoms with E-state index in [2.05, 4.69) is 21.4 Å². The Balaban J connectivity index is 1.43. The lowest BCUT2D eigenvalue weighted by Gasteiger charge is -2.22. The van der Waals surface area contributed by atoms with Gasteiger partial charge in [0.25, 0.3) is 21.8 Å². The highest BCUT2D eigenvalue weighted by Crippen LogP contribution is 2.24. The molecular formula is C25H26N6O4S2. The topological polar surface area (TPSA) is 138 Å². The first-order chi connectivity index (χ1) is 17.8. The van der Waals surface area contributed by atoms with Crippen LogP contribution in [0.2, 0.25) is 0 Å². The lowest BCUT2D eigenvalue weighted by Crippen LogP contribution is -2.37. The summed E-state index contributed by atoms with van der Waals surface area (Å²) in [4.78, 5) is 37.1. The van der Waals surface area contributed by atoms with Gasteiger partial charge in [0.1, 0.15) is 10.6 Å². The predicted octanol–water partition coefficient (Wildman–Crippen LogP) is 2.86. The molecule has 10 nitrogen and oxygen atoms in total. The quantitative estimate of drug-likeness (QED) is 0.268. The highest BCUT2D eigenvalue weighted by atomic mass is 32.2. The van der Waals surface area contributed by atoms with Gasteiger partial charge >= 0.3 is 0 Å². The second-order valence-electron chi connectivity index (χ2n) is 8.25. The SMILES string of the molecule is C=N/C(=C\SN)C(=O)N1CCCN(C(=O)c2ccc(NS(=O)(=O)c3cccc4cccnc34)cc2)CC1. The Morgan fingerprint density at radius 2 is 1.73 bits per heavy atom. The monoisotopic (exact) mass is 538 g/mol. The number of pyridine rings is 1. The standard InChI is InChI=1S/C25H26N6O4S2/c1-27-21(17-36-26)25(33)31-14-4-13-30(15-16-31)24(32)19-8-10-20(11-9-19)29-37(34,35)22-7-2-5-18-6-3-12-28-23(18)22/h2-3,5-12,17,29H,1,4,13-16,26H2/b21-17-. The number of carbonyl (C=O) groups is 2. The molecule has 2 aromatic carbocycles. The molecule has 0 spiro atoms. The van der Waals surface area contributed by atoms with Crippen LogP contribution in [0.4, 0.5) is 5.69 Å². The molecule has 0 radical (unpaired) electrons. The number of amides is 2. The van der Waals surface area contributed by atoms with E-state index in [4.69, 9.17) is 5.14 Å². The van der Waals surface area contributed by atoms with Crippen molar-refractivity contribution in [2.45, 2.75) is 11.3 Å². The Morgan fingerprint density at radius 3 is 2.46 bits per heavy atom. The van der Waals surface area contributed by atoms with Gasteiger partial charge in [-0.05, 0) is 49.5 Å². The Hall–Kier alpha value is -3.74. The van der Waals surface area contributed by atoms with Crippen molar-refractivity contribution in [3.63, 3.8) is 0 Å². The maximum atomic E-state index is 13.1. The van der Waals surface area contributed by atoms with Gasteiger partial charge in [0.05, 0.1) is 5.52 Å². The molecule has 192 valence electrons. The van der Waals surface area contributed by atoms with Gasteiger partial charge in [-0.15, -0.1) is 0 Å². The van der Waals surface area contributed by atoms with Crippen LogP contribution in [0.5, 0.6) is 0 Å². The lowest BCUT2D eigenvalue weighted by atomic mass is 10.2. The van der Waals surface area contributed by atoms with Crippen molar-refractivity contribution in [2.24, 2.45) is 10.1 Å². The zero-order valence-corrected chi connectivity index (χ0v) is 21.5. The van der Waals surface area contributed by atoms with E-state index in [-0.39, 0.29) is 22.4 Å². The number of carbonyl (C=O) groups excluding carboxylic acids is 2. The Kier molecular flexibility index (Phi) is 8.21. The number of rotatable bonds is 7. The van der Waals surface area contributed by atoms with Crippen LogP contribution in [-0.4, -0.2) is 67.9 Å². The molecule has 1 saturated heterocycles. The molecule has 37 heavy (non-hydrogen) atoms. The van der Waals surface area contributed by atoms with Gasteiger partial charge in [0, 0.05) is 54.4 Å². The first-order valence-corrected chi connectivity index (χ1v) is 13.8. The summed E-state index contributed by atoms with van der Waals surface area (Å²) in [6.45, 7) is 5.09. The lowest BCUT2D eigenvalue weighted by molar-refractivity contribution is -0.127. The number of aliphatic imine (C=N–C) groups is 1. The van der Waals surface area contributed by atoms with Crippen LogP contribution in [-0.2, 0) is 14.8 Å². The van der Waals surface area contributed by atoms with E-state index < -0.39 is 10.0 Å². The summed E-state index contributed by atoms with van der Waals surface area (Å²) in [6.07, 6.45) is 2.15. The van der Waals surface area contributed by atoms with E-state index in [1.54, 1.807) is 64.5 Å². The molecular weight excluding hydrogens is 512 g/mol. The molecule has 3 aromatic rings. The summed E-state index contributed by atoms with van der Waals surface area (Å²) in [5.41, 5.74) is 1.30. The highest BCUT2D eigenvalue weighted by Gasteiger charge is 2.25. The molecule has 0 bridgehead atoms. The summed E-state index contributed by atoms with van der Waals surface area (Å²) in [7, 11) is -3.90. The van der Waals surface area contributed by atoms with Crippen LogP contribution in [0, 0.1) is 0 Å². The smallest absolute Gasteiger partial charge is 0.273 e. The molecule has 12 heteroatoms. The number of anilines is 1. The van der Waals surface area contributed by atoms with Crippen LogP contribution in [0.1, 0.15) is 16.8 Å². The van der Waals surface area contributed by atoms with Crippen molar-refractivity contribution in [1.82, 2.24) is 14.8 Å². The molecule has 4 rings (SSSR count). The molecule has 3 N–H and O–H groups in total. The fraction of sp³-hybridized carbons (Fsp3) is 0.200. The maximum absolute atomic E-state index is 13.1. The van der Waals surface area contributed by atoms with E-state index in [1.165, 1.54) is 11.5 Å². The molecule has 2 amide bonds. The van der Waals surface area contributed by atoms with E-state index in [1.807, 2.05) is 0 Å². The first kappa shape index (κ1) is 26.3. The van der Waals surface area contributed by atoms with Gasteiger partial charge in [0.15, 0.2) is 0 Å². The van der Waals surface area contributed by atoms with Gasteiger partial charge < -0.3 is 9.80 Å². The number of sulfonamides is 1. The number of benzene rings is 2. The van der Waals surface area contributed by atoms with Crippen LogP contribution >= 0.6 is 11.9 Å². The molecule has 2 heterocycles. The summed E-state index contributed by atoms with van der Waals surface area (Å²) in [5.74, 6) is -0.475. The minimum Gasteiger partial charge on any atom is -0.337 e. The molecule has 1 aliphatic rings. The number of aromatic nitrogens is 1. The fourth-order valence-corrected chi connectivity index (χ4v) is 5.62. The van der Waals surface area contributed by atoms with Crippen LogP contribution in [0.15, 0.2) is 81.8 Å². The number of nitrogens with zero attached hydrogens (tertiary/aromatic N) is 4. The number of nitrogens with two attached hydrogens (primary N) is 1. The minimum atomic E-state index is -3.90. The molecule has 0 atom stereocenters. The molecule has 0 aliphatic carbocycles. The van der Waals surface area contributed by atoms with E-state index in [0.717, 1.165) is 17.3 Å². The van der Waals surface area contributed by atoms with Gasteiger partial charge in [-0.2, -0.15) is 0 Å². The number of para-hydroxylation sites is 1. The normalized spacial score (nSPS) is 14.8.